The number of hydrogen-bond acceptors (Lipinski definition) is 7. The predicted molar refractivity (Wildman–Crippen MR) is 88.1 cm³/mol. The average molecular weight is 321 g/mol. The van der Waals surface area contributed by atoms with Crippen molar-refractivity contribution in [2.24, 2.45) is 5.10 Å². The molecule has 2 rings (SSSR count). The number of nitrogens with one attached hydrogen (secondary N) is 2. The Labute approximate surface area is 133 Å². The van der Waals surface area contributed by atoms with Gasteiger partial charge in [-0.3, -0.25) is 0 Å². The van der Waals surface area contributed by atoms with Crippen LogP contribution in [0, 0.1) is 0 Å². The molecular formula is C14H19N5O2S. The van der Waals surface area contributed by atoms with Crippen LogP contribution in [0.15, 0.2) is 28.5 Å². The van der Waals surface area contributed by atoms with Crippen molar-refractivity contribution in [2.75, 3.05) is 19.6 Å². The van der Waals surface area contributed by atoms with Crippen LogP contribution in [-0.2, 0) is 0 Å². The molecular weight excluding hydrogens is 302 g/mol. The zero-order valence-electron chi connectivity index (χ0n) is 13.0. The molecule has 1 aromatic carbocycles. The van der Waals surface area contributed by atoms with Crippen LogP contribution < -0.4 is 14.9 Å². The van der Waals surface area contributed by atoms with E-state index in [1.54, 1.807) is 32.2 Å². The third-order valence-corrected chi connectivity index (χ3v) is 3.46. The number of H-pyrrole nitrogens is 1. The van der Waals surface area contributed by atoms with E-state index in [4.69, 9.17) is 9.47 Å². The van der Waals surface area contributed by atoms with E-state index >= 15 is 0 Å². The lowest BCUT2D eigenvalue weighted by molar-refractivity contribution is 0.355. The fourth-order valence-electron chi connectivity index (χ4n) is 1.66. The first-order valence-corrected chi connectivity index (χ1v) is 7.60. The Morgan fingerprint density at radius 1 is 1.27 bits per heavy atom. The van der Waals surface area contributed by atoms with Crippen molar-refractivity contribution >= 4 is 23.9 Å². The van der Waals surface area contributed by atoms with Crippen LogP contribution in [0.25, 0.3) is 0 Å². The fraction of sp³-hybridized carbons (Fsp3) is 0.357. The molecule has 2 aromatic rings. The smallest absolute Gasteiger partial charge is 0.240 e. The second-order valence-electron chi connectivity index (χ2n) is 4.62. The van der Waals surface area contributed by atoms with E-state index in [0.717, 1.165) is 5.56 Å². The van der Waals surface area contributed by atoms with Crippen LogP contribution in [0.1, 0.15) is 19.4 Å². The Bertz CT molecular complexity index is 642. The molecule has 0 amide bonds. The van der Waals surface area contributed by atoms with Gasteiger partial charge in [0.25, 0.3) is 0 Å². The first kappa shape index (κ1) is 16.2. The topological polar surface area (TPSA) is 84.4 Å². The number of thioether (sulfide) groups is 1. The zero-order chi connectivity index (χ0) is 15.9. The predicted octanol–water partition coefficient (Wildman–Crippen LogP) is 2.77. The standard InChI is InChI=1S/C14H19N5O2S/c1-9(2)22-14-16-13(18-19-14)17-15-8-10-5-6-11(20-3)12(7-10)21-4/h5-9H,1-4H3,(H2,16,17,18,19)/b15-8-. The molecule has 0 aliphatic carbocycles. The number of rotatable bonds is 7. The van der Waals surface area contributed by atoms with E-state index < -0.39 is 0 Å². The maximum absolute atomic E-state index is 5.24. The Hall–Kier alpha value is -2.22. The van der Waals surface area contributed by atoms with Gasteiger partial charge in [0.1, 0.15) is 0 Å². The van der Waals surface area contributed by atoms with E-state index in [-0.39, 0.29) is 0 Å². The van der Waals surface area contributed by atoms with Crippen molar-refractivity contribution in [1.29, 1.82) is 0 Å². The lowest BCUT2D eigenvalue weighted by atomic mass is 10.2. The Morgan fingerprint density at radius 2 is 2.05 bits per heavy atom. The first-order valence-electron chi connectivity index (χ1n) is 6.72. The maximum atomic E-state index is 5.24. The summed E-state index contributed by atoms with van der Waals surface area (Å²) < 4.78 is 10.4. The summed E-state index contributed by atoms with van der Waals surface area (Å²) in [6.07, 6.45) is 1.67. The van der Waals surface area contributed by atoms with Crippen molar-refractivity contribution in [3.8, 4) is 11.5 Å². The SMILES string of the molecule is COc1ccc(/C=N\Nc2nc(SC(C)C)n[nH]2)cc1OC. The Balaban J connectivity index is 1.99. The van der Waals surface area contributed by atoms with Gasteiger partial charge >= 0.3 is 0 Å². The Morgan fingerprint density at radius 3 is 2.73 bits per heavy atom. The molecule has 0 fully saturated rings. The van der Waals surface area contributed by atoms with Gasteiger partial charge in [-0.25, -0.2) is 10.5 Å². The number of hydrazone groups is 1. The summed E-state index contributed by atoms with van der Waals surface area (Å²) >= 11 is 1.58. The van der Waals surface area contributed by atoms with Gasteiger partial charge in [-0.1, -0.05) is 25.6 Å². The van der Waals surface area contributed by atoms with Gasteiger partial charge in [-0.15, -0.1) is 5.10 Å². The minimum Gasteiger partial charge on any atom is -0.493 e. The zero-order valence-corrected chi connectivity index (χ0v) is 13.8. The second kappa shape index (κ2) is 7.69. The molecule has 8 heteroatoms. The third-order valence-electron chi connectivity index (χ3n) is 2.60. The highest BCUT2D eigenvalue weighted by Crippen LogP contribution is 2.26. The van der Waals surface area contributed by atoms with Crippen molar-refractivity contribution in [1.82, 2.24) is 15.2 Å². The summed E-state index contributed by atoms with van der Waals surface area (Å²) in [7, 11) is 3.20. The number of anilines is 1. The summed E-state index contributed by atoms with van der Waals surface area (Å²) in [4.78, 5) is 4.27. The minimum atomic E-state index is 0.430. The van der Waals surface area contributed by atoms with Crippen LogP contribution >= 0.6 is 11.8 Å². The molecule has 0 bridgehead atoms. The van der Waals surface area contributed by atoms with Crippen LogP contribution in [0.2, 0.25) is 0 Å². The van der Waals surface area contributed by atoms with E-state index in [9.17, 15) is 0 Å². The molecule has 2 N–H and O–H groups in total. The fourth-order valence-corrected chi connectivity index (χ4v) is 2.32. The molecule has 0 atom stereocenters. The van der Waals surface area contributed by atoms with E-state index in [1.807, 2.05) is 18.2 Å². The number of aromatic nitrogens is 3. The van der Waals surface area contributed by atoms with Gasteiger partial charge in [0.2, 0.25) is 11.1 Å². The van der Waals surface area contributed by atoms with Crippen molar-refractivity contribution in [2.45, 2.75) is 24.3 Å². The van der Waals surface area contributed by atoms with Gasteiger partial charge in [0.05, 0.1) is 20.4 Å². The molecule has 118 valence electrons. The van der Waals surface area contributed by atoms with E-state index in [0.29, 0.717) is 27.9 Å². The number of aromatic amines is 1. The highest BCUT2D eigenvalue weighted by molar-refractivity contribution is 7.99. The number of methoxy groups -OCH3 is 2. The molecule has 1 heterocycles. The lowest BCUT2D eigenvalue weighted by Gasteiger charge is -2.07. The largest absolute Gasteiger partial charge is 0.493 e. The summed E-state index contributed by atoms with van der Waals surface area (Å²) in [6.45, 7) is 4.17. The molecule has 22 heavy (non-hydrogen) atoms. The third kappa shape index (κ3) is 4.39. The van der Waals surface area contributed by atoms with Crippen molar-refractivity contribution < 1.29 is 9.47 Å². The van der Waals surface area contributed by atoms with Crippen LogP contribution in [0.3, 0.4) is 0 Å². The highest BCUT2D eigenvalue weighted by atomic mass is 32.2. The Kier molecular flexibility index (Phi) is 5.65. The number of benzene rings is 1. The van der Waals surface area contributed by atoms with Gasteiger partial charge in [-0.2, -0.15) is 10.1 Å². The molecule has 0 aliphatic rings. The summed E-state index contributed by atoms with van der Waals surface area (Å²) in [6, 6.07) is 5.55. The molecule has 0 spiro atoms. The summed E-state index contributed by atoms with van der Waals surface area (Å²) in [5.74, 6) is 1.83. The second-order valence-corrected chi connectivity index (χ2v) is 6.16. The minimum absolute atomic E-state index is 0.430. The van der Waals surface area contributed by atoms with Crippen LogP contribution in [0.5, 0.6) is 11.5 Å². The van der Waals surface area contributed by atoms with Crippen LogP contribution in [-0.4, -0.2) is 40.9 Å². The number of ether oxygens (including phenoxy) is 2. The van der Waals surface area contributed by atoms with E-state index in [1.165, 1.54) is 0 Å². The molecule has 0 saturated carbocycles. The monoisotopic (exact) mass is 321 g/mol. The maximum Gasteiger partial charge on any atom is 0.240 e. The van der Waals surface area contributed by atoms with E-state index in [2.05, 4.69) is 39.6 Å². The normalized spacial score (nSPS) is 11.1. The lowest BCUT2D eigenvalue weighted by Crippen LogP contribution is -1.95. The number of hydrogen-bond donors (Lipinski definition) is 2. The molecule has 0 unspecified atom stereocenters. The molecule has 0 radical (unpaired) electrons. The molecule has 7 nitrogen and oxygen atoms in total. The molecule has 0 saturated heterocycles. The molecule has 0 aliphatic heterocycles. The van der Waals surface area contributed by atoms with Crippen molar-refractivity contribution in [3.63, 3.8) is 0 Å². The highest BCUT2D eigenvalue weighted by Gasteiger charge is 2.05. The van der Waals surface area contributed by atoms with Gasteiger partial charge in [0, 0.05) is 5.25 Å². The van der Waals surface area contributed by atoms with Crippen molar-refractivity contribution in [3.05, 3.63) is 23.8 Å². The van der Waals surface area contributed by atoms with Gasteiger partial charge in [0.15, 0.2) is 11.5 Å². The average Bonchev–Trinajstić information content (AvgIpc) is 2.93. The van der Waals surface area contributed by atoms with Crippen LogP contribution in [0.4, 0.5) is 5.95 Å². The quantitative estimate of drug-likeness (QED) is 0.463. The molecule has 1 aromatic heterocycles. The van der Waals surface area contributed by atoms with Gasteiger partial charge in [-0.05, 0) is 23.8 Å². The summed E-state index contributed by atoms with van der Waals surface area (Å²) in [5, 5.41) is 12.1. The first-order chi connectivity index (χ1) is 10.6. The number of nitrogens with zero attached hydrogens (tertiary/aromatic N) is 3. The van der Waals surface area contributed by atoms with Gasteiger partial charge < -0.3 is 9.47 Å². The summed E-state index contributed by atoms with van der Waals surface area (Å²) in [5.41, 5.74) is 3.68.